The zero-order valence-electron chi connectivity index (χ0n) is 17.4. The molecule has 0 radical (unpaired) electrons. The van der Waals surface area contributed by atoms with Gasteiger partial charge in [-0.3, -0.25) is 0 Å². The van der Waals surface area contributed by atoms with Gasteiger partial charge < -0.3 is 9.16 Å². The molecule has 6 heteroatoms. The molecule has 1 atom stereocenters. The molecule has 3 rings (SSSR count). The topological polar surface area (TPSA) is 49.2 Å². The minimum Gasteiger partial charge on any atom is -0.497 e. The van der Waals surface area contributed by atoms with Crippen LogP contribution < -0.4 is 4.74 Å². The lowest BCUT2D eigenvalue weighted by molar-refractivity contribution is 0.167. The molecule has 1 aliphatic carbocycles. The lowest BCUT2D eigenvalue weighted by Crippen LogP contribution is -2.42. The number of allylic oxidation sites excluding steroid dienone is 1. The monoisotopic (exact) mass is 385 g/mol. The molecule has 5 nitrogen and oxygen atoms in total. The van der Waals surface area contributed by atoms with Crippen molar-refractivity contribution in [3.63, 3.8) is 0 Å². The van der Waals surface area contributed by atoms with E-state index in [0.717, 1.165) is 41.1 Å². The van der Waals surface area contributed by atoms with Gasteiger partial charge in [-0.1, -0.05) is 44.7 Å². The van der Waals surface area contributed by atoms with E-state index in [4.69, 9.17) is 9.16 Å². The van der Waals surface area contributed by atoms with Gasteiger partial charge in [-0.25, -0.2) is 4.68 Å². The van der Waals surface area contributed by atoms with E-state index in [9.17, 15) is 0 Å². The number of benzene rings is 1. The molecule has 0 unspecified atom stereocenters. The van der Waals surface area contributed by atoms with Crippen molar-refractivity contribution in [2.45, 2.75) is 64.4 Å². The van der Waals surface area contributed by atoms with Crippen molar-refractivity contribution < 1.29 is 9.16 Å². The number of aromatic nitrogens is 3. The number of fused-ring (bicyclic) bond motifs is 1. The van der Waals surface area contributed by atoms with Crippen LogP contribution in [0.2, 0.25) is 18.1 Å². The first-order valence-corrected chi connectivity index (χ1v) is 12.5. The molecular formula is C21H31N3O2Si. The van der Waals surface area contributed by atoms with Crippen LogP contribution in [0, 0.1) is 0 Å². The van der Waals surface area contributed by atoms with Crippen LogP contribution in [0.25, 0.3) is 5.57 Å². The second-order valence-corrected chi connectivity index (χ2v) is 13.6. The molecule has 1 aromatic heterocycles. The Morgan fingerprint density at radius 2 is 1.89 bits per heavy atom. The first-order valence-electron chi connectivity index (χ1n) is 9.54. The highest BCUT2D eigenvalue weighted by molar-refractivity contribution is 6.74. The normalized spacial score (nSPS) is 17.7. The van der Waals surface area contributed by atoms with Gasteiger partial charge in [0.05, 0.1) is 25.5 Å². The third-order valence-corrected chi connectivity index (χ3v) is 10.3. The third-order valence-electron chi connectivity index (χ3n) is 5.84. The van der Waals surface area contributed by atoms with Crippen LogP contribution in [0.4, 0.5) is 0 Å². The fourth-order valence-corrected chi connectivity index (χ4v) is 4.42. The maximum Gasteiger partial charge on any atom is 0.192 e. The molecule has 0 aliphatic heterocycles. The molecule has 0 amide bonds. The fourth-order valence-electron chi connectivity index (χ4n) is 3.13. The first-order chi connectivity index (χ1) is 12.6. The Hall–Kier alpha value is -1.92. The fraction of sp³-hybridized carbons (Fsp3) is 0.524. The Bertz CT molecular complexity index is 819. The van der Waals surface area contributed by atoms with Crippen molar-refractivity contribution in [1.82, 2.24) is 15.0 Å². The third kappa shape index (κ3) is 4.01. The van der Waals surface area contributed by atoms with E-state index in [1.165, 1.54) is 0 Å². The minimum atomic E-state index is -1.88. The molecular weight excluding hydrogens is 354 g/mol. The van der Waals surface area contributed by atoms with Gasteiger partial charge in [0.1, 0.15) is 11.4 Å². The summed E-state index contributed by atoms with van der Waals surface area (Å²) in [6.07, 6.45) is 1.86. The van der Waals surface area contributed by atoms with E-state index in [1.807, 2.05) is 16.8 Å². The van der Waals surface area contributed by atoms with Crippen molar-refractivity contribution in [1.29, 1.82) is 0 Å². The van der Waals surface area contributed by atoms with Gasteiger partial charge in [0.2, 0.25) is 0 Å². The van der Waals surface area contributed by atoms with Gasteiger partial charge in [-0.2, -0.15) is 0 Å². The van der Waals surface area contributed by atoms with Crippen LogP contribution in [0.5, 0.6) is 5.75 Å². The Kier molecular flexibility index (Phi) is 5.32. The predicted octanol–water partition coefficient (Wildman–Crippen LogP) is 5.20. The standard InChI is InChI=1S/C21H31N3O2Si/c1-15-8-13-18(26-27(6,7)21(2,3)4)19-20(15)24(23-22-19)14-16-9-11-17(25-5)12-10-16/h9-12,18H,1,8,13-14H2,2-7H3/t18-/m1/s1. The highest BCUT2D eigenvalue weighted by Crippen LogP contribution is 2.44. The molecule has 0 bridgehead atoms. The molecule has 1 aromatic carbocycles. The van der Waals surface area contributed by atoms with Gasteiger partial charge >= 0.3 is 0 Å². The number of hydrogen-bond donors (Lipinski definition) is 0. The molecule has 0 fully saturated rings. The van der Waals surface area contributed by atoms with Crippen LogP contribution in [0.3, 0.4) is 0 Å². The van der Waals surface area contributed by atoms with E-state index in [1.54, 1.807) is 7.11 Å². The quantitative estimate of drug-likeness (QED) is 0.663. The molecule has 27 heavy (non-hydrogen) atoms. The predicted molar refractivity (Wildman–Crippen MR) is 111 cm³/mol. The van der Waals surface area contributed by atoms with E-state index in [-0.39, 0.29) is 11.1 Å². The highest BCUT2D eigenvalue weighted by atomic mass is 28.4. The lowest BCUT2D eigenvalue weighted by atomic mass is 9.94. The summed E-state index contributed by atoms with van der Waals surface area (Å²) in [4.78, 5) is 0. The molecule has 0 saturated carbocycles. The van der Waals surface area contributed by atoms with E-state index >= 15 is 0 Å². The number of nitrogens with zero attached hydrogens (tertiary/aromatic N) is 3. The van der Waals surface area contributed by atoms with Crippen LogP contribution in [-0.4, -0.2) is 30.4 Å². The van der Waals surface area contributed by atoms with Crippen molar-refractivity contribution in [2.75, 3.05) is 7.11 Å². The largest absolute Gasteiger partial charge is 0.497 e. The summed E-state index contributed by atoms with van der Waals surface area (Å²) in [5.41, 5.74) is 4.24. The summed E-state index contributed by atoms with van der Waals surface area (Å²) in [5.74, 6) is 0.853. The average molecular weight is 386 g/mol. The molecule has 0 spiro atoms. The Balaban J connectivity index is 1.86. The maximum absolute atomic E-state index is 6.68. The van der Waals surface area contributed by atoms with Crippen molar-refractivity contribution >= 4 is 13.9 Å². The van der Waals surface area contributed by atoms with E-state index in [2.05, 4.69) is 62.9 Å². The number of rotatable bonds is 5. The van der Waals surface area contributed by atoms with Crippen LogP contribution >= 0.6 is 0 Å². The lowest BCUT2D eigenvalue weighted by Gasteiger charge is -2.40. The average Bonchev–Trinajstić information content (AvgIpc) is 3.02. The van der Waals surface area contributed by atoms with Gasteiger partial charge in [0.15, 0.2) is 8.32 Å². The minimum absolute atomic E-state index is 0.0102. The molecule has 1 heterocycles. The number of ether oxygens (including phenoxy) is 1. The molecule has 146 valence electrons. The highest BCUT2D eigenvalue weighted by Gasteiger charge is 2.41. The second-order valence-electron chi connectivity index (χ2n) is 8.84. The summed E-state index contributed by atoms with van der Waals surface area (Å²) < 4.78 is 13.9. The summed E-state index contributed by atoms with van der Waals surface area (Å²) in [5, 5.41) is 9.12. The Morgan fingerprint density at radius 3 is 2.48 bits per heavy atom. The zero-order valence-corrected chi connectivity index (χ0v) is 18.4. The van der Waals surface area contributed by atoms with Gasteiger partial charge in [0.25, 0.3) is 0 Å². The summed E-state index contributed by atoms with van der Waals surface area (Å²) in [7, 11) is -0.203. The molecule has 1 aliphatic rings. The van der Waals surface area contributed by atoms with E-state index in [0.29, 0.717) is 6.54 Å². The molecule has 0 saturated heterocycles. The Labute approximate surface area is 163 Å². The summed E-state index contributed by atoms with van der Waals surface area (Å²) in [6.45, 7) is 16.3. The van der Waals surface area contributed by atoms with Gasteiger partial charge in [-0.15, -0.1) is 5.10 Å². The Morgan fingerprint density at radius 1 is 1.22 bits per heavy atom. The van der Waals surface area contributed by atoms with Crippen LogP contribution in [-0.2, 0) is 11.0 Å². The van der Waals surface area contributed by atoms with Gasteiger partial charge in [-0.05, 0) is 54.2 Å². The van der Waals surface area contributed by atoms with Crippen LogP contribution in [0.1, 0.15) is 56.7 Å². The summed E-state index contributed by atoms with van der Waals surface area (Å²) in [6, 6.07) is 8.05. The number of methoxy groups -OCH3 is 1. The zero-order chi connectivity index (χ0) is 19.8. The molecule has 2 aromatic rings. The van der Waals surface area contributed by atoms with E-state index < -0.39 is 8.32 Å². The van der Waals surface area contributed by atoms with Crippen LogP contribution in [0.15, 0.2) is 30.8 Å². The smallest absolute Gasteiger partial charge is 0.192 e. The van der Waals surface area contributed by atoms with Crippen molar-refractivity contribution in [3.05, 3.63) is 47.8 Å². The summed E-state index contributed by atoms with van der Waals surface area (Å²) >= 11 is 0. The first kappa shape index (κ1) is 19.8. The SMILES string of the molecule is C=C1CC[C@@H](O[Si](C)(C)C(C)(C)C)c2nnn(Cc3ccc(OC)cc3)c21. The second kappa shape index (κ2) is 7.24. The van der Waals surface area contributed by atoms with Crippen molar-refractivity contribution in [3.8, 4) is 5.75 Å². The molecule has 0 N–H and O–H groups in total. The number of hydrogen-bond acceptors (Lipinski definition) is 4. The van der Waals surface area contributed by atoms with Crippen molar-refractivity contribution in [2.24, 2.45) is 0 Å². The van der Waals surface area contributed by atoms with Gasteiger partial charge in [0, 0.05) is 0 Å². The maximum atomic E-state index is 6.68.